The third-order valence-corrected chi connectivity index (χ3v) is 5.16. The SMILES string of the molecule is CN/C=C\C=N/Cc1cccnc1C(=O)N1CCCC(Oc2ncc(C(F)(F)F)cc2Cl)C1. The normalized spacial score (nSPS) is 17.0. The molecule has 1 saturated heterocycles. The summed E-state index contributed by atoms with van der Waals surface area (Å²) in [6.07, 6.45) is 3.59. The molecule has 0 aliphatic carbocycles. The quantitative estimate of drug-likeness (QED) is 0.601. The Morgan fingerprint density at radius 3 is 2.97 bits per heavy atom. The zero-order chi connectivity index (χ0) is 23.8. The molecule has 1 unspecified atom stereocenters. The number of carbonyl (C=O) groups excluding carboxylic acids is 1. The molecule has 1 N–H and O–H groups in total. The van der Waals surface area contributed by atoms with Crippen LogP contribution in [-0.2, 0) is 12.7 Å². The van der Waals surface area contributed by atoms with Gasteiger partial charge in [-0.05, 0) is 37.3 Å². The second-order valence-corrected chi connectivity index (χ2v) is 7.70. The van der Waals surface area contributed by atoms with Gasteiger partial charge in [0, 0.05) is 37.8 Å². The lowest BCUT2D eigenvalue weighted by Crippen LogP contribution is -2.45. The Kier molecular flexibility index (Phi) is 8.26. The number of halogens is 4. The Balaban J connectivity index is 1.68. The molecule has 1 aliphatic rings. The van der Waals surface area contributed by atoms with E-state index < -0.39 is 17.8 Å². The van der Waals surface area contributed by atoms with Crippen molar-refractivity contribution in [1.29, 1.82) is 0 Å². The van der Waals surface area contributed by atoms with Crippen LogP contribution in [0.3, 0.4) is 0 Å². The van der Waals surface area contributed by atoms with Crippen molar-refractivity contribution in [2.24, 2.45) is 4.99 Å². The predicted octanol–water partition coefficient (Wildman–Crippen LogP) is 4.14. The van der Waals surface area contributed by atoms with Crippen molar-refractivity contribution in [1.82, 2.24) is 20.2 Å². The van der Waals surface area contributed by atoms with Gasteiger partial charge in [-0.15, -0.1) is 0 Å². The highest BCUT2D eigenvalue weighted by Crippen LogP contribution is 2.33. The highest BCUT2D eigenvalue weighted by atomic mass is 35.5. The molecule has 0 aromatic carbocycles. The summed E-state index contributed by atoms with van der Waals surface area (Å²) in [5, 5.41) is 2.62. The molecule has 0 saturated carbocycles. The van der Waals surface area contributed by atoms with Crippen LogP contribution < -0.4 is 10.1 Å². The minimum Gasteiger partial charge on any atom is -0.471 e. The number of rotatable bonds is 7. The minimum atomic E-state index is -4.54. The van der Waals surface area contributed by atoms with Crippen molar-refractivity contribution in [3.05, 3.63) is 64.7 Å². The van der Waals surface area contributed by atoms with Crippen molar-refractivity contribution in [2.45, 2.75) is 31.7 Å². The minimum absolute atomic E-state index is 0.0912. The lowest BCUT2D eigenvalue weighted by molar-refractivity contribution is -0.137. The van der Waals surface area contributed by atoms with Gasteiger partial charge in [0.15, 0.2) is 0 Å². The molecule has 7 nitrogen and oxygen atoms in total. The zero-order valence-electron chi connectivity index (χ0n) is 17.8. The maximum Gasteiger partial charge on any atom is 0.417 e. The van der Waals surface area contributed by atoms with Crippen LogP contribution in [0.1, 0.15) is 34.5 Å². The van der Waals surface area contributed by atoms with E-state index >= 15 is 0 Å². The number of pyridine rings is 2. The molecular weight excluding hydrogens is 459 g/mol. The van der Waals surface area contributed by atoms with Crippen LogP contribution in [0, 0.1) is 0 Å². The largest absolute Gasteiger partial charge is 0.471 e. The van der Waals surface area contributed by atoms with Gasteiger partial charge in [-0.3, -0.25) is 14.8 Å². The molecule has 1 fully saturated rings. The number of aromatic nitrogens is 2. The van der Waals surface area contributed by atoms with E-state index in [0.717, 1.165) is 6.07 Å². The molecule has 1 aliphatic heterocycles. The molecule has 0 radical (unpaired) electrons. The van der Waals surface area contributed by atoms with Crippen LogP contribution >= 0.6 is 11.6 Å². The van der Waals surface area contributed by atoms with Crippen molar-refractivity contribution in [3.8, 4) is 5.88 Å². The summed E-state index contributed by atoms with van der Waals surface area (Å²) < 4.78 is 44.2. The Morgan fingerprint density at radius 1 is 1.42 bits per heavy atom. The molecule has 3 heterocycles. The fourth-order valence-electron chi connectivity index (χ4n) is 3.30. The van der Waals surface area contributed by atoms with Gasteiger partial charge in [0.05, 0.1) is 18.7 Å². The first-order valence-electron chi connectivity index (χ1n) is 10.2. The number of hydrogen-bond donors (Lipinski definition) is 1. The average molecular weight is 482 g/mol. The summed E-state index contributed by atoms with van der Waals surface area (Å²) in [5.41, 5.74) is 0.0396. The molecule has 2 aromatic heterocycles. The van der Waals surface area contributed by atoms with Crippen LogP contribution in [0.4, 0.5) is 13.2 Å². The van der Waals surface area contributed by atoms with Crippen molar-refractivity contribution in [3.63, 3.8) is 0 Å². The first-order chi connectivity index (χ1) is 15.8. The molecule has 1 atom stereocenters. The number of ether oxygens (including phenoxy) is 1. The highest BCUT2D eigenvalue weighted by molar-refractivity contribution is 6.31. The topological polar surface area (TPSA) is 79.7 Å². The fourth-order valence-corrected chi connectivity index (χ4v) is 3.51. The second kappa shape index (κ2) is 11.1. The molecule has 176 valence electrons. The monoisotopic (exact) mass is 481 g/mol. The van der Waals surface area contributed by atoms with Gasteiger partial charge in [-0.25, -0.2) is 4.98 Å². The molecule has 0 bridgehead atoms. The lowest BCUT2D eigenvalue weighted by atomic mass is 10.1. The first-order valence-corrected chi connectivity index (χ1v) is 10.6. The Hall–Kier alpha value is -3.14. The van der Waals surface area contributed by atoms with Crippen LogP contribution in [0.5, 0.6) is 5.88 Å². The van der Waals surface area contributed by atoms with Crippen LogP contribution in [0.25, 0.3) is 0 Å². The van der Waals surface area contributed by atoms with E-state index in [4.69, 9.17) is 16.3 Å². The first kappa shape index (κ1) is 24.5. The predicted molar refractivity (Wildman–Crippen MR) is 118 cm³/mol. The van der Waals surface area contributed by atoms with Gasteiger partial charge in [0.25, 0.3) is 5.91 Å². The van der Waals surface area contributed by atoms with E-state index in [9.17, 15) is 18.0 Å². The number of nitrogens with one attached hydrogen (secondary N) is 1. The van der Waals surface area contributed by atoms with Gasteiger partial charge >= 0.3 is 6.18 Å². The number of likely N-dealkylation sites (tertiary alicyclic amines) is 1. The Morgan fingerprint density at radius 2 is 2.24 bits per heavy atom. The van der Waals surface area contributed by atoms with E-state index in [-0.39, 0.29) is 23.4 Å². The van der Waals surface area contributed by atoms with Gasteiger partial charge in [0.2, 0.25) is 5.88 Å². The molecule has 3 rings (SSSR count). The van der Waals surface area contributed by atoms with Crippen LogP contribution in [-0.4, -0.2) is 53.2 Å². The number of carbonyl (C=O) groups is 1. The van der Waals surface area contributed by atoms with Crippen molar-refractivity contribution >= 4 is 23.7 Å². The van der Waals surface area contributed by atoms with Crippen LogP contribution in [0.15, 0.2) is 47.9 Å². The van der Waals surface area contributed by atoms with Gasteiger partial charge in [-0.2, -0.15) is 13.2 Å². The number of piperidine rings is 1. The van der Waals surface area contributed by atoms with E-state index in [2.05, 4.69) is 20.3 Å². The summed E-state index contributed by atoms with van der Waals surface area (Å²) in [6.45, 7) is 1.04. The number of alkyl halides is 3. The third kappa shape index (κ3) is 6.67. The summed E-state index contributed by atoms with van der Waals surface area (Å²) >= 11 is 5.95. The second-order valence-electron chi connectivity index (χ2n) is 7.29. The molecule has 33 heavy (non-hydrogen) atoms. The van der Waals surface area contributed by atoms with E-state index in [1.54, 1.807) is 48.8 Å². The zero-order valence-corrected chi connectivity index (χ0v) is 18.6. The van der Waals surface area contributed by atoms with Gasteiger partial charge < -0.3 is 15.0 Å². The van der Waals surface area contributed by atoms with Gasteiger partial charge in [-0.1, -0.05) is 17.7 Å². The molecule has 2 aromatic rings. The van der Waals surface area contributed by atoms with Gasteiger partial charge in [0.1, 0.15) is 16.8 Å². The number of nitrogens with zero attached hydrogens (tertiary/aromatic N) is 4. The lowest BCUT2D eigenvalue weighted by Gasteiger charge is -2.32. The van der Waals surface area contributed by atoms with E-state index in [1.807, 2.05) is 0 Å². The number of amides is 1. The number of hydrogen-bond acceptors (Lipinski definition) is 6. The summed E-state index contributed by atoms with van der Waals surface area (Å²) in [5.74, 6) is -0.349. The average Bonchev–Trinajstić information content (AvgIpc) is 2.79. The highest BCUT2D eigenvalue weighted by Gasteiger charge is 2.33. The summed E-state index contributed by atoms with van der Waals surface area (Å²) in [6, 6.07) is 4.32. The van der Waals surface area contributed by atoms with E-state index in [1.165, 1.54) is 0 Å². The third-order valence-electron chi connectivity index (χ3n) is 4.89. The van der Waals surface area contributed by atoms with Crippen molar-refractivity contribution in [2.75, 3.05) is 20.1 Å². The smallest absolute Gasteiger partial charge is 0.417 e. The number of aliphatic imine (C=N–C) groups is 1. The Bertz CT molecular complexity index is 1030. The molecular formula is C22H23ClF3N5O2. The van der Waals surface area contributed by atoms with E-state index in [0.29, 0.717) is 43.4 Å². The molecule has 1 amide bonds. The molecule has 11 heteroatoms. The maximum absolute atomic E-state index is 13.1. The van der Waals surface area contributed by atoms with Crippen LogP contribution in [0.2, 0.25) is 5.02 Å². The molecule has 0 spiro atoms. The number of allylic oxidation sites excluding steroid dienone is 1. The Labute approximate surface area is 194 Å². The summed E-state index contributed by atoms with van der Waals surface area (Å²) in [7, 11) is 1.78. The fraction of sp³-hybridized carbons (Fsp3) is 0.364. The van der Waals surface area contributed by atoms with Crippen molar-refractivity contribution < 1.29 is 22.7 Å². The standard InChI is InChI=1S/C22H23ClF3N5O2/c1-27-7-4-8-28-12-15-5-2-9-29-19(15)21(32)31-10-3-6-17(14-31)33-20-18(23)11-16(13-30-20)22(24,25)26/h2,4-5,7-9,11,13,17,27H,3,6,10,12,14H2,1H3/b7-4-,28-8-. The summed E-state index contributed by atoms with van der Waals surface area (Å²) in [4.78, 5) is 27.0. The maximum atomic E-state index is 13.1.